The Labute approximate surface area is 101 Å². The lowest BCUT2D eigenvalue weighted by atomic mass is 10.1. The largest absolute Gasteiger partial charge is 0.466 e. The normalized spacial score (nSPS) is 14.4. The second-order valence-corrected chi connectivity index (χ2v) is 4.78. The van der Waals surface area contributed by atoms with Crippen LogP contribution in [-0.4, -0.2) is 19.1 Å². The van der Waals surface area contributed by atoms with Crippen molar-refractivity contribution in [2.45, 2.75) is 26.8 Å². The minimum Gasteiger partial charge on any atom is -0.466 e. The summed E-state index contributed by atoms with van der Waals surface area (Å²) in [6.07, 6.45) is 0. The summed E-state index contributed by atoms with van der Waals surface area (Å²) in [5, 5.41) is 5.39. The number of thiophene rings is 1. The van der Waals surface area contributed by atoms with E-state index in [0.717, 1.165) is 0 Å². The van der Waals surface area contributed by atoms with Crippen LogP contribution in [0, 0.1) is 5.92 Å². The molecule has 1 heterocycles. The molecule has 0 aromatic carbocycles. The predicted octanol–water partition coefficient (Wildman–Crippen LogP) is 2.60. The highest BCUT2D eigenvalue weighted by Crippen LogP contribution is 2.18. The van der Waals surface area contributed by atoms with Gasteiger partial charge in [0.2, 0.25) is 0 Å². The first-order valence-corrected chi connectivity index (χ1v) is 6.46. The number of carbonyl (C=O) groups excluding carboxylic acids is 1. The van der Waals surface area contributed by atoms with Crippen LogP contribution in [-0.2, 0) is 9.53 Å². The zero-order valence-corrected chi connectivity index (χ0v) is 10.8. The Bertz CT molecular complexity index is 311. The fourth-order valence-corrected chi connectivity index (χ4v) is 2.12. The predicted molar refractivity (Wildman–Crippen MR) is 66.5 cm³/mol. The molecule has 1 N–H and O–H groups in total. The van der Waals surface area contributed by atoms with E-state index in [1.54, 1.807) is 11.3 Å². The van der Waals surface area contributed by atoms with Crippen LogP contribution in [0.25, 0.3) is 0 Å². The molecule has 4 heteroatoms. The van der Waals surface area contributed by atoms with Gasteiger partial charge in [-0.05, 0) is 25.3 Å². The molecule has 0 amide bonds. The van der Waals surface area contributed by atoms with Crippen molar-refractivity contribution in [3.63, 3.8) is 0 Å². The zero-order chi connectivity index (χ0) is 12.0. The van der Waals surface area contributed by atoms with E-state index in [4.69, 9.17) is 4.74 Å². The van der Waals surface area contributed by atoms with Gasteiger partial charge in [0.25, 0.3) is 0 Å². The van der Waals surface area contributed by atoms with Crippen LogP contribution in [0.2, 0.25) is 0 Å². The fourth-order valence-electron chi connectivity index (χ4n) is 1.36. The molecule has 0 aliphatic carbocycles. The number of ether oxygens (including phenoxy) is 1. The number of carbonyl (C=O) groups is 1. The minimum absolute atomic E-state index is 0.0950. The van der Waals surface area contributed by atoms with Crippen molar-refractivity contribution in [1.82, 2.24) is 5.32 Å². The number of hydrogen-bond donors (Lipinski definition) is 1. The van der Waals surface area contributed by atoms with Crippen molar-refractivity contribution in [1.29, 1.82) is 0 Å². The van der Waals surface area contributed by atoms with Crippen LogP contribution in [0.3, 0.4) is 0 Å². The topological polar surface area (TPSA) is 38.3 Å². The molecule has 0 saturated heterocycles. The summed E-state index contributed by atoms with van der Waals surface area (Å²) in [7, 11) is 0. The van der Waals surface area contributed by atoms with E-state index in [1.807, 2.05) is 19.9 Å². The van der Waals surface area contributed by atoms with E-state index in [0.29, 0.717) is 13.2 Å². The van der Waals surface area contributed by atoms with Crippen molar-refractivity contribution in [3.05, 3.63) is 22.4 Å². The molecule has 2 atom stereocenters. The molecule has 1 rings (SSSR count). The molecule has 1 aromatic heterocycles. The number of rotatable bonds is 6. The van der Waals surface area contributed by atoms with E-state index >= 15 is 0 Å². The summed E-state index contributed by atoms with van der Waals surface area (Å²) >= 11 is 1.72. The van der Waals surface area contributed by atoms with Gasteiger partial charge in [0.15, 0.2) is 0 Å². The van der Waals surface area contributed by atoms with E-state index < -0.39 is 0 Å². The zero-order valence-electron chi connectivity index (χ0n) is 10.0. The average Bonchev–Trinajstić information content (AvgIpc) is 2.79. The van der Waals surface area contributed by atoms with Gasteiger partial charge in [-0.2, -0.15) is 0 Å². The maximum atomic E-state index is 11.4. The third-order valence-corrected chi connectivity index (χ3v) is 3.44. The van der Waals surface area contributed by atoms with Crippen LogP contribution in [0.1, 0.15) is 31.7 Å². The standard InChI is InChI=1S/C12H19NO2S/c1-4-15-12(14)9(2)8-13-10(3)11-6-5-7-16-11/h5-7,9-10,13H,4,8H2,1-3H3/t9?,10-/m1/s1. The first kappa shape index (κ1) is 13.2. The quantitative estimate of drug-likeness (QED) is 0.778. The molecule has 0 radical (unpaired) electrons. The highest BCUT2D eigenvalue weighted by Gasteiger charge is 2.15. The van der Waals surface area contributed by atoms with Crippen LogP contribution >= 0.6 is 11.3 Å². The van der Waals surface area contributed by atoms with Gasteiger partial charge in [0.05, 0.1) is 12.5 Å². The molecular weight excluding hydrogens is 222 g/mol. The molecule has 1 aromatic rings. The summed E-state index contributed by atoms with van der Waals surface area (Å²) in [5.41, 5.74) is 0. The second kappa shape index (κ2) is 6.66. The van der Waals surface area contributed by atoms with Gasteiger partial charge in [-0.1, -0.05) is 13.0 Å². The third-order valence-electron chi connectivity index (χ3n) is 2.39. The molecule has 0 fully saturated rings. The van der Waals surface area contributed by atoms with Gasteiger partial charge < -0.3 is 10.1 Å². The summed E-state index contributed by atoms with van der Waals surface area (Å²) in [4.78, 5) is 12.7. The van der Waals surface area contributed by atoms with Crippen LogP contribution in [0.4, 0.5) is 0 Å². The van der Waals surface area contributed by atoms with Gasteiger partial charge in [0, 0.05) is 17.5 Å². The molecular formula is C12H19NO2S. The Balaban J connectivity index is 2.31. The van der Waals surface area contributed by atoms with Gasteiger partial charge in [-0.25, -0.2) is 0 Å². The molecule has 16 heavy (non-hydrogen) atoms. The molecule has 1 unspecified atom stereocenters. The van der Waals surface area contributed by atoms with Crippen molar-refractivity contribution in [2.75, 3.05) is 13.2 Å². The Hall–Kier alpha value is -0.870. The first-order chi connectivity index (χ1) is 7.65. The maximum absolute atomic E-state index is 11.4. The Morgan fingerprint density at radius 3 is 2.88 bits per heavy atom. The molecule has 0 saturated carbocycles. The molecule has 0 aliphatic rings. The van der Waals surface area contributed by atoms with Gasteiger partial charge in [-0.3, -0.25) is 4.79 Å². The minimum atomic E-state index is -0.131. The summed E-state index contributed by atoms with van der Waals surface area (Å²) in [6.45, 7) is 6.91. The third kappa shape index (κ3) is 3.94. The van der Waals surface area contributed by atoms with Crippen LogP contribution in [0.15, 0.2) is 17.5 Å². The SMILES string of the molecule is CCOC(=O)C(C)CN[C@H](C)c1cccs1. The van der Waals surface area contributed by atoms with Crippen molar-refractivity contribution in [2.24, 2.45) is 5.92 Å². The van der Waals surface area contributed by atoms with Crippen LogP contribution in [0.5, 0.6) is 0 Å². The molecule has 0 spiro atoms. The number of esters is 1. The van der Waals surface area contributed by atoms with E-state index in [-0.39, 0.29) is 17.9 Å². The van der Waals surface area contributed by atoms with Gasteiger partial charge in [0.1, 0.15) is 0 Å². The second-order valence-electron chi connectivity index (χ2n) is 3.80. The van der Waals surface area contributed by atoms with Crippen molar-refractivity contribution in [3.8, 4) is 0 Å². The van der Waals surface area contributed by atoms with E-state index in [1.165, 1.54) is 4.88 Å². The Kier molecular flexibility index (Phi) is 5.49. The Morgan fingerprint density at radius 2 is 2.31 bits per heavy atom. The fraction of sp³-hybridized carbons (Fsp3) is 0.583. The van der Waals surface area contributed by atoms with Gasteiger partial charge in [-0.15, -0.1) is 11.3 Å². The van der Waals surface area contributed by atoms with E-state index in [2.05, 4.69) is 23.7 Å². The van der Waals surface area contributed by atoms with Gasteiger partial charge >= 0.3 is 5.97 Å². The highest BCUT2D eigenvalue weighted by atomic mass is 32.1. The van der Waals surface area contributed by atoms with Crippen LogP contribution < -0.4 is 5.32 Å². The summed E-state index contributed by atoms with van der Waals surface area (Å²) in [6, 6.07) is 4.42. The lowest BCUT2D eigenvalue weighted by Gasteiger charge is -2.15. The molecule has 90 valence electrons. The molecule has 0 aliphatic heterocycles. The maximum Gasteiger partial charge on any atom is 0.309 e. The lowest BCUT2D eigenvalue weighted by Crippen LogP contribution is -2.29. The summed E-state index contributed by atoms with van der Waals surface area (Å²) < 4.78 is 4.95. The Morgan fingerprint density at radius 1 is 1.56 bits per heavy atom. The molecule has 0 bridgehead atoms. The molecule has 3 nitrogen and oxygen atoms in total. The highest BCUT2D eigenvalue weighted by molar-refractivity contribution is 7.10. The van der Waals surface area contributed by atoms with Crippen molar-refractivity contribution >= 4 is 17.3 Å². The number of nitrogens with one attached hydrogen (secondary N) is 1. The number of hydrogen-bond acceptors (Lipinski definition) is 4. The lowest BCUT2D eigenvalue weighted by molar-refractivity contribution is -0.147. The monoisotopic (exact) mass is 241 g/mol. The van der Waals surface area contributed by atoms with E-state index in [9.17, 15) is 4.79 Å². The summed E-state index contributed by atoms with van der Waals surface area (Å²) in [5.74, 6) is -0.226. The van der Waals surface area contributed by atoms with Crippen molar-refractivity contribution < 1.29 is 9.53 Å². The smallest absolute Gasteiger partial charge is 0.309 e. The first-order valence-electron chi connectivity index (χ1n) is 5.58. The average molecular weight is 241 g/mol.